The zero-order valence-electron chi connectivity index (χ0n) is 17.5. The van der Waals surface area contributed by atoms with Crippen molar-refractivity contribution in [1.82, 2.24) is 10.2 Å². The average molecular weight is 401 g/mol. The Hall–Kier alpha value is -3.40. The van der Waals surface area contributed by atoms with Crippen LogP contribution in [0.4, 0.5) is 0 Å². The molecule has 1 N–H and O–H groups in total. The smallest absolute Gasteiger partial charge is 0.251 e. The van der Waals surface area contributed by atoms with Crippen molar-refractivity contribution in [3.8, 4) is 0 Å². The second-order valence-electron chi connectivity index (χ2n) is 7.61. The van der Waals surface area contributed by atoms with Crippen LogP contribution in [0.1, 0.15) is 47.8 Å². The zero-order chi connectivity index (χ0) is 21.3. The molecule has 0 fully saturated rings. The molecule has 3 aromatic rings. The molecule has 0 saturated heterocycles. The van der Waals surface area contributed by atoms with Gasteiger partial charge in [-0.2, -0.15) is 0 Å². The highest BCUT2D eigenvalue weighted by atomic mass is 16.2. The topological polar surface area (TPSA) is 49.4 Å². The highest BCUT2D eigenvalue weighted by molar-refractivity contribution is 5.94. The molecule has 3 rings (SSSR count). The van der Waals surface area contributed by atoms with Crippen LogP contribution in [0.15, 0.2) is 91.0 Å². The van der Waals surface area contributed by atoms with Gasteiger partial charge in [0.2, 0.25) is 5.91 Å². The maximum Gasteiger partial charge on any atom is 0.251 e. The van der Waals surface area contributed by atoms with Crippen molar-refractivity contribution < 1.29 is 9.59 Å². The lowest BCUT2D eigenvalue weighted by Crippen LogP contribution is -2.39. The van der Waals surface area contributed by atoms with Crippen molar-refractivity contribution in [2.75, 3.05) is 0 Å². The van der Waals surface area contributed by atoms with Gasteiger partial charge in [0.25, 0.3) is 5.91 Å². The Balaban J connectivity index is 1.79. The van der Waals surface area contributed by atoms with Gasteiger partial charge in [0.15, 0.2) is 0 Å². The zero-order valence-corrected chi connectivity index (χ0v) is 17.5. The number of rotatable bonds is 8. The van der Waals surface area contributed by atoms with E-state index in [9.17, 15) is 9.59 Å². The number of nitrogens with one attached hydrogen (secondary N) is 1. The van der Waals surface area contributed by atoms with Crippen molar-refractivity contribution in [2.24, 2.45) is 0 Å². The molecule has 0 bridgehead atoms. The Morgan fingerprint density at radius 2 is 1.33 bits per heavy atom. The van der Waals surface area contributed by atoms with Gasteiger partial charge in [-0.3, -0.25) is 9.59 Å². The quantitative estimate of drug-likeness (QED) is 0.579. The third-order valence-corrected chi connectivity index (χ3v) is 5.06. The Kier molecular flexibility index (Phi) is 7.39. The molecular formula is C26H28N2O2. The lowest BCUT2D eigenvalue weighted by atomic mass is 10.0. The fraction of sp³-hybridized carbons (Fsp3) is 0.231. The second kappa shape index (κ2) is 10.4. The molecule has 3 aromatic carbocycles. The number of hydrogen-bond donors (Lipinski definition) is 1. The maximum absolute atomic E-state index is 13.3. The number of nitrogens with zero attached hydrogens (tertiary/aromatic N) is 1. The minimum atomic E-state index is -0.400. The van der Waals surface area contributed by atoms with Crippen molar-refractivity contribution >= 4 is 11.8 Å². The normalized spacial score (nSPS) is 11.7. The van der Waals surface area contributed by atoms with Gasteiger partial charge in [0.1, 0.15) is 0 Å². The Morgan fingerprint density at radius 3 is 1.90 bits per heavy atom. The predicted octanol–water partition coefficient (Wildman–Crippen LogP) is 4.99. The third-order valence-electron chi connectivity index (χ3n) is 5.06. The third kappa shape index (κ3) is 5.80. The Labute approximate surface area is 178 Å². The van der Waals surface area contributed by atoms with Gasteiger partial charge < -0.3 is 10.2 Å². The van der Waals surface area contributed by atoms with Gasteiger partial charge in [-0.05, 0) is 37.1 Å². The van der Waals surface area contributed by atoms with Gasteiger partial charge in [0, 0.05) is 18.2 Å². The minimum absolute atomic E-state index is 0.0102. The Morgan fingerprint density at radius 1 is 0.800 bits per heavy atom. The summed E-state index contributed by atoms with van der Waals surface area (Å²) < 4.78 is 0. The summed E-state index contributed by atoms with van der Waals surface area (Å²) in [5, 5.41) is 3.05. The van der Waals surface area contributed by atoms with Gasteiger partial charge in [-0.1, -0.05) is 78.9 Å². The fourth-order valence-electron chi connectivity index (χ4n) is 3.40. The van der Waals surface area contributed by atoms with Crippen molar-refractivity contribution in [3.05, 3.63) is 108 Å². The summed E-state index contributed by atoms with van der Waals surface area (Å²) in [7, 11) is 0. The van der Waals surface area contributed by atoms with Crippen LogP contribution in [0.25, 0.3) is 0 Å². The van der Waals surface area contributed by atoms with Crippen molar-refractivity contribution in [3.63, 3.8) is 0 Å². The first-order valence-corrected chi connectivity index (χ1v) is 10.3. The van der Waals surface area contributed by atoms with Crippen LogP contribution in [-0.4, -0.2) is 22.8 Å². The number of amides is 2. The van der Waals surface area contributed by atoms with E-state index in [-0.39, 0.29) is 24.3 Å². The van der Waals surface area contributed by atoms with Gasteiger partial charge in [-0.25, -0.2) is 0 Å². The number of carbonyl (C=O) groups excluding carboxylic acids is 2. The van der Waals surface area contributed by atoms with E-state index in [1.807, 2.05) is 97.6 Å². The summed E-state index contributed by atoms with van der Waals surface area (Å²) in [6, 6.07) is 28.4. The van der Waals surface area contributed by atoms with Crippen molar-refractivity contribution in [1.29, 1.82) is 0 Å². The molecule has 0 aliphatic heterocycles. The Bertz CT molecular complexity index is 941. The highest BCUT2D eigenvalue weighted by Gasteiger charge is 2.24. The van der Waals surface area contributed by atoms with Crippen LogP contribution in [0.5, 0.6) is 0 Å². The molecular weight excluding hydrogens is 372 g/mol. The van der Waals surface area contributed by atoms with E-state index in [0.717, 1.165) is 11.1 Å². The summed E-state index contributed by atoms with van der Waals surface area (Å²) in [5.41, 5.74) is 2.58. The van der Waals surface area contributed by atoms with Crippen LogP contribution in [0.2, 0.25) is 0 Å². The molecule has 2 amide bonds. The molecule has 4 heteroatoms. The summed E-state index contributed by atoms with van der Waals surface area (Å²) in [6.07, 6.45) is 0.202. The first kappa shape index (κ1) is 21.3. The fourth-order valence-corrected chi connectivity index (χ4v) is 3.40. The standard InChI is InChI=1S/C26H28N2O2/c1-20(2)28(19-21-12-6-3-7-13-21)25(29)18-24(22-14-8-4-9-15-22)27-26(30)23-16-10-5-11-17-23/h3-17,20,24H,18-19H2,1-2H3,(H,27,30). The first-order chi connectivity index (χ1) is 14.5. The molecule has 0 aromatic heterocycles. The molecule has 0 saturated carbocycles. The van der Waals surface area contributed by atoms with E-state index < -0.39 is 6.04 Å². The lowest BCUT2D eigenvalue weighted by Gasteiger charge is -2.29. The van der Waals surface area contributed by atoms with Crippen LogP contribution in [-0.2, 0) is 11.3 Å². The van der Waals surface area contributed by atoms with Crippen LogP contribution in [0, 0.1) is 0 Å². The lowest BCUT2D eigenvalue weighted by molar-refractivity contribution is -0.134. The molecule has 30 heavy (non-hydrogen) atoms. The molecule has 0 aliphatic rings. The van der Waals surface area contributed by atoms with E-state index in [1.54, 1.807) is 12.1 Å². The van der Waals surface area contributed by atoms with Gasteiger partial charge in [-0.15, -0.1) is 0 Å². The van der Waals surface area contributed by atoms with E-state index >= 15 is 0 Å². The predicted molar refractivity (Wildman–Crippen MR) is 120 cm³/mol. The average Bonchev–Trinajstić information content (AvgIpc) is 2.78. The summed E-state index contributed by atoms with van der Waals surface area (Å²) >= 11 is 0. The largest absolute Gasteiger partial charge is 0.345 e. The van der Waals surface area contributed by atoms with Gasteiger partial charge >= 0.3 is 0 Å². The SMILES string of the molecule is CC(C)N(Cc1ccccc1)C(=O)CC(NC(=O)c1ccccc1)c1ccccc1. The van der Waals surface area contributed by atoms with Crippen LogP contribution < -0.4 is 5.32 Å². The molecule has 154 valence electrons. The van der Waals surface area contributed by atoms with Gasteiger partial charge in [0.05, 0.1) is 12.5 Å². The molecule has 0 spiro atoms. The van der Waals surface area contributed by atoms with E-state index in [0.29, 0.717) is 12.1 Å². The summed E-state index contributed by atoms with van der Waals surface area (Å²) in [5.74, 6) is -0.174. The van der Waals surface area contributed by atoms with Crippen LogP contribution >= 0.6 is 0 Å². The minimum Gasteiger partial charge on any atom is -0.345 e. The first-order valence-electron chi connectivity index (χ1n) is 10.3. The number of hydrogen-bond acceptors (Lipinski definition) is 2. The summed E-state index contributed by atoms with van der Waals surface area (Å²) in [6.45, 7) is 4.58. The molecule has 0 aliphatic carbocycles. The summed E-state index contributed by atoms with van der Waals surface area (Å²) in [4.78, 5) is 27.9. The maximum atomic E-state index is 13.3. The highest BCUT2D eigenvalue weighted by Crippen LogP contribution is 2.21. The monoisotopic (exact) mass is 400 g/mol. The molecule has 0 radical (unpaired) electrons. The van der Waals surface area contributed by atoms with E-state index in [1.165, 1.54) is 0 Å². The molecule has 0 heterocycles. The molecule has 1 unspecified atom stereocenters. The number of benzene rings is 3. The molecule has 4 nitrogen and oxygen atoms in total. The molecule has 1 atom stereocenters. The van der Waals surface area contributed by atoms with E-state index in [4.69, 9.17) is 0 Å². The van der Waals surface area contributed by atoms with E-state index in [2.05, 4.69) is 5.32 Å². The second-order valence-corrected chi connectivity index (χ2v) is 7.61. The van der Waals surface area contributed by atoms with Crippen molar-refractivity contribution in [2.45, 2.75) is 38.9 Å². The number of carbonyl (C=O) groups is 2. The van der Waals surface area contributed by atoms with Crippen LogP contribution in [0.3, 0.4) is 0 Å².